The molecule has 0 atom stereocenters. The van der Waals surface area contributed by atoms with Gasteiger partial charge in [0, 0.05) is 6.42 Å². The molecule has 0 rings (SSSR count). The Kier molecular flexibility index (Phi) is 15.5. The van der Waals surface area contributed by atoms with E-state index in [4.69, 9.17) is 0 Å². The molecule has 0 saturated heterocycles. The summed E-state index contributed by atoms with van der Waals surface area (Å²) in [5.74, 6) is -0.0853. The molecule has 0 spiro atoms. The van der Waals surface area contributed by atoms with Crippen molar-refractivity contribution >= 4 is 5.97 Å². The SMILES string of the molecule is C=C(C/C=C/CCCCCCCC(=O)OC)CCCCCC. The summed E-state index contributed by atoms with van der Waals surface area (Å²) < 4.78 is 4.62. The topological polar surface area (TPSA) is 26.3 Å². The third-order valence-electron chi connectivity index (χ3n) is 3.94. The molecule has 0 unspecified atom stereocenters. The number of methoxy groups -OCH3 is 1. The van der Waals surface area contributed by atoms with Crippen LogP contribution >= 0.6 is 0 Å². The highest BCUT2D eigenvalue weighted by Crippen LogP contribution is 2.13. The average molecular weight is 309 g/mol. The van der Waals surface area contributed by atoms with Crippen molar-refractivity contribution < 1.29 is 9.53 Å². The summed E-state index contributed by atoms with van der Waals surface area (Å²) in [7, 11) is 1.45. The van der Waals surface area contributed by atoms with Crippen LogP contribution in [0.2, 0.25) is 0 Å². The zero-order chi connectivity index (χ0) is 16.5. The first kappa shape index (κ1) is 20.9. The van der Waals surface area contributed by atoms with Crippen molar-refractivity contribution in [3.8, 4) is 0 Å². The summed E-state index contributed by atoms with van der Waals surface area (Å²) in [4.78, 5) is 10.9. The van der Waals surface area contributed by atoms with Gasteiger partial charge < -0.3 is 4.74 Å². The first-order chi connectivity index (χ1) is 10.7. The van der Waals surface area contributed by atoms with Crippen LogP contribution in [0.3, 0.4) is 0 Å². The molecule has 0 N–H and O–H groups in total. The van der Waals surface area contributed by atoms with E-state index in [0.717, 1.165) is 19.3 Å². The van der Waals surface area contributed by atoms with Crippen LogP contribution in [0.4, 0.5) is 0 Å². The molecule has 0 amide bonds. The number of hydrogen-bond acceptors (Lipinski definition) is 2. The summed E-state index contributed by atoms with van der Waals surface area (Å²) in [5.41, 5.74) is 1.37. The van der Waals surface area contributed by atoms with Gasteiger partial charge in [-0.05, 0) is 38.5 Å². The summed E-state index contributed by atoms with van der Waals surface area (Å²) in [6, 6.07) is 0. The lowest BCUT2D eigenvalue weighted by molar-refractivity contribution is -0.140. The number of ether oxygens (including phenoxy) is 1. The zero-order valence-electron chi connectivity index (χ0n) is 14.9. The van der Waals surface area contributed by atoms with Crippen LogP contribution in [0.15, 0.2) is 24.3 Å². The second-order valence-electron chi connectivity index (χ2n) is 6.12. The van der Waals surface area contributed by atoms with Gasteiger partial charge in [-0.1, -0.05) is 69.8 Å². The fourth-order valence-corrected chi connectivity index (χ4v) is 2.44. The average Bonchev–Trinajstić information content (AvgIpc) is 2.53. The predicted molar refractivity (Wildman–Crippen MR) is 96.0 cm³/mol. The first-order valence-electron chi connectivity index (χ1n) is 9.09. The molecule has 2 nitrogen and oxygen atoms in total. The van der Waals surface area contributed by atoms with Gasteiger partial charge in [0.2, 0.25) is 0 Å². The van der Waals surface area contributed by atoms with Gasteiger partial charge in [0.25, 0.3) is 0 Å². The lowest BCUT2D eigenvalue weighted by Gasteiger charge is -2.02. The number of esters is 1. The van der Waals surface area contributed by atoms with E-state index in [1.165, 1.54) is 70.5 Å². The normalized spacial score (nSPS) is 11.0. The Labute approximate surface area is 138 Å². The van der Waals surface area contributed by atoms with Crippen LogP contribution in [0.25, 0.3) is 0 Å². The lowest BCUT2D eigenvalue weighted by Crippen LogP contribution is -1.98. The molecule has 2 heteroatoms. The van der Waals surface area contributed by atoms with Gasteiger partial charge in [0.05, 0.1) is 7.11 Å². The quantitative estimate of drug-likeness (QED) is 0.200. The smallest absolute Gasteiger partial charge is 0.305 e. The second kappa shape index (κ2) is 16.3. The Bertz CT molecular complexity index is 305. The van der Waals surface area contributed by atoms with Crippen LogP contribution in [0, 0.1) is 0 Å². The number of rotatable bonds is 15. The first-order valence-corrected chi connectivity index (χ1v) is 9.09. The van der Waals surface area contributed by atoms with E-state index in [0.29, 0.717) is 6.42 Å². The summed E-state index contributed by atoms with van der Waals surface area (Å²) in [6.45, 7) is 6.40. The molecule has 0 heterocycles. The second-order valence-corrected chi connectivity index (χ2v) is 6.12. The Morgan fingerprint density at radius 3 is 2.27 bits per heavy atom. The molecule has 0 aliphatic carbocycles. The lowest BCUT2D eigenvalue weighted by atomic mass is 10.0. The van der Waals surface area contributed by atoms with E-state index in [9.17, 15) is 4.79 Å². The van der Waals surface area contributed by atoms with E-state index < -0.39 is 0 Å². The molecular weight excluding hydrogens is 272 g/mol. The highest BCUT2D eigenvalue weighted by Gasteiger charge is 1.98. The van der Waals surface area contributed by atoms with E-state index in [1.807, 2.05) is 0 Å². The van der Waals surface area contributed by atoms with E-state index >= 15 is 0 Å². The number of unbranched alkanes of at least 4 members (excludes halogenated alkanes) is 8. The van der Waals surface area contributed by atoms with Gasteiger partial charge in [-0.25, -0.2) is 0 Å². The minimum Gasteiger partial charge on any atom is -0.469 e. The Morgan fingerprint density at radius 1 is 0.909 bits per heavy atom. The molecule has 22 heavy (non-hydrogen) atoms. The van der Waals surface area contributed by atoms with Crippen LogP contribution in [0.1, 0.15) is 90.4 Å². The van der Waals surface area contributed by atoms with Crippen LogP contribution in [-0.4, -0.2) is 13.1 Å². The van der Waals surface area contributed by atoms with Crippen molar-refractivity contribution in [3.63, 3.8) is 0 Å². The molecule has 0 radical (unpaired) electrons. The fourth-order valence-electron chi connectivity index (χ4n) is 2.44. The van der Waals surface area contributed by atoms with Crippen molar-refractivity contribution in [3.05, 3.63) is 24.3 Å². The van der Waals surface area contributed by atoms with Crippen molar-refractivity contribution in [1.29, 1.82) is 0 Å². The number of allylic oxidation sites excluding steroid dienone is 3. The largest absolute Gasteiger partial charge is 0.469 e. The van der Waals surface area contributed by atoms with Gasteiger partial charge in [0.1, 0.15) is 0 Å². The van der Waals surface area contributed by atoms with Crippen molar-refractivity contribution in [2.24, 2.45) is 0 Å². The van der Waals surface area contributed by atoms with E-state index in [2.05, 4.69) is 30.4 Å². The maximum Gasteiger partial charge on any atom is 0.305 e. The standard InChI is InChI=1S/C20H36O2/c1-4-5-6-13-16-19(2)17-14-11-9-7-8-10-12-15-18-20(21)22-3/h11,14H,2,4-10,12-13,15-18H2,1,3H3/b14-11+. The van der Waals surface area contributed by atoms with Gasteiger partial charge in [-0.15, -0.1) is 0 Å². The van der Waals surface area contributed by atoms with Crippen LogP contribution < -0.4 is 0 Å². The van der Waals surface area contributed by atoms with Crippen molar-refractivity contribution in [2.45, 2.75) is 90.4 Å². The molecule has 0 fully saturated rings. The van der Waals surface area contributed by atoms with Gasteiger partial charge in [-0.3, -0.25) is 4.79 Å². The zero-order valence-corrected chi connectivity index (χ0v) is 14.9. The molecule has 0 aliphatic rings. The summed E-state index contributed by atoms with van der Waals surface area (Å²) in [5, 5.41) is 0. The fraction of sp³-hybridized carbons (Fsp3) is 0.750. The Hall–Kier alpha value is -1.05. The molecule has 0 aliphatic heterocycles. The highest BCUT2D eigenvalue weighted by atomic mass is 16.5. The minimum absolute atomic E-state index is 0.0853. The van der Waals surface area contributed by atoms with Crippen molar-refractivity contribution in [2.75, 3.05) is 7.11 Å². The van der Waals surface area contributed by atoms with Gasteiger partial charge in [0.15, 0.2) is 0 Å². The number of hydrogen-bond donors (Lipinski definition) is 0. The molecule has 0 aromatic heterocycles. The Balaban J connectivity index is 3.29. The van der Waals surface area contributed by atoms with Gasteiger partial charge in [-0.2, -0.15) is 0 Å². The third-order valence-corrected chi connectivity index (χ3v) is 3.94. The maximum atomic E-state index is 10.9. The monoisotopic (exact) mass is 308 g/mol. The molecule has 0 aromatic rings. The van der Waals surface area contributed by atoms with Crippen molar-refractivity contribution in [1.82, 2.24) is 0 Å². The predicted octanol–water partition coefficient (Wildman–Crippen LogP) is 6.36. The molecule has 0 aromatic carbocycles. The number of carbonyl (C=O) groups excluding carboxylic acids is 1. The third kappa shape index (κ3) is 15.3. The molecule has 0 bridgehead atoms. The maximum absolute atomic E-state index is 10.9. The van der Waals surface area contributed by atoms with E-state index in [1.54, 1.807) is 0 Å². The highest BCUT2D eigenvalue weighted by molar-refractivity contribution is 5.68. The summed E-state index contributed by atoms with van der Waals surface area (Å²) >= 11 is 0. The molecule has 0 saturated carbocycles. The minimum atomic E-state index is -0.0853. The molecule has 128 valence electrons. The molecular formula is C20H36O2. The Morgan fingerprint density at radius 2 is 1.55 bits per heavy atom. The summed E-state index contributed by atoms with van der Waals surface area (Å²) in [6.07, 6.45) is 19.6. The number of carbonyl (C=O) groups is 1. The van der Waals surface area contributed by atoms with E-state index in [-0.39, 0.29) is 5.97 Å². The van der Waals surface area contributed by atoms with Crippen LogP contribution in [-0.2, 0) is 9.53 Å². The van der Waals surface area contributed by atoms with Gasteiger partial charge >= 0.3 is 5.97 Å². The van der Waals surface area contributed by atoms with Crippen LogP contribution in [0.5, 0.6) is 0 Å².